The van der Waals surface area contributed by atoms with Crippen LogP contribution in [0.3, 0.4) is 0 Å². The third-order valence-electron chi connectivity index (χ3n) is 3.23. The van der Waals surface area contributed by atoms with Crippen molar-refractivity contribution in [3.63, 3.8) is 0 Å². The van der Waals surface area contributed by atoms with Crippen molar-refractivity contribution >= 4 is 23.1 Å². The summed E-state index contributed by atoms with van der Waals surface area (Å²) in [6.45, 7) is 6.54. The molecule has 16 heavy (non-hydrogen) atoms. The van der Waals surface area contributed by atoms with E-state index in [0.29, 0.717) is 16.3 Å². The number of anilines is 2. The van der Waals surface area contributed by atoms with Gasteiger partial charge in [-0.05, 0) is 18.3 Å². The third-order valence-corrected chi connectivity index (χ3v) is 3.53. The van der Waals surface area contributed by atoms with E-state index in [4.69, 9.17) is 17.3 Å². The summed E-state index contributed by atoms with van der Waals surface area (Å²) >= 11 is 5.89. The summed E-state index contributed by atoms with van der Waals surface area (Å²) < 4.78 is 0. The van der Waals surface area contributed by atoms with Crippen LogP contribution in [0.25, 0.3) is 0 Å². The highest BCUT2D eigenvalue weighted by molar-refractivity contribution is 6.32. The fourth-order valence-corrected chi connectivity index (χ4v) is 2.07. The van der Waals surface area contributed by atoms with E-state index < -0.39 is 0 Å². The second kappa shape index (κ2) is 4.09. The molecule has 2 heterocycles. The summed E-state index contributed by atoms with van der Waals surface area (Å²) in [7, 11) is 0. The molecule has 0 unspecified atom stereocenters. The summed E-state index contributed by atoms with van der Waals surface area (Å²) in [5.41, 5.74) is 6.79. The molecule has 0 atom stereocenters. The van der Waals surface area contributed by atoms with Crippen LogP contribution in [0.1, 0.15) is 26.7 Å². The molecule has 1 saturated heterocycles. The van der Waals surface area contributed by atoms with Gasteiger partial charge in [-0.1, -0.05) is 25.4 Å². The Balaban J connectivity index is 2.17. The average molecular weight is 241 g/mol. The van der Waals surface area contributed by atoms with Crippen LogP contribution in [-0.4, -0.2) is 23.1 Å². The molecule has 2 N–H and O–H groups in total. The van der Waals surface area contributed by atoms with Gasteiger partial charge in [-0.3, -0.25) is 0 Å². The molecule has 0 spiro atoms. The van der Waals surface area contributed by atoms with Crippen LogP contribution >= 0.6 is 11.6 Å². The van der Waals surface area contributed by atoms with Crippen molar-refractivity contribution in [3.05, 3.63) is 11.5 Å². The first-order valence-electron chi connectivity index (χ1n) is 5.50. The monoisotopic (exact) mass is 240 g/mol. The standard InChI is InChI=1S/C11H17ClN4/c1-11(2)3-5-16(6-4-11)10-8(13)9(12)14-7-15-10/h7H,3-6,13H2,1-2H3. The number of hydrogen-bond acceptors (Lipinski definition) is 4. The third kappa shape index (κ3) is 2.21. The van der Waals surface area contributed by atoms with E-state index in [1.807, 2.05) is 0 Å². The van der Waals surface area contributed by atoms with Crippen LogP contribution in [0.2, 0.25) is 5.15 Å². The van der Waals surface area contributed by atoms with Gasteiger partial charge in [0.05, 0.1) is 0 Å². The van der Waals surface area contributed by atoms with Gasteiger partial charge in [-0.2, -0.15) is 0 Å². The van der Waals surface area contributed by atoms with Gasteiger partial charge < -0.3 is 10.6 Å². The second-order valence-electron chi connectivity index (χ2n) is 5.05. The molecule has 1 fully saturated rings. The van der Waals surface area contributed by atoms with Crippen LogP contribution in [-0.2, 0) is 0 Å². The lowest BCUT2D eigenvalue weighted by atomic mass is 9.83. The van der Waals surface area contributed by atoms with Crippen molar-refractivity contribution in [2.24, 2.45) is 5.41 Å². The van der Waals surface area contributed by atoms with Crippen LogP contribution in [0.4, 0.5) is 11.5 Å². The Bertz CT molecular complexity index is 382. The molecule has 2 rings (SSSR count). The summed E-state index contributed by atoms with van der Waals surface area (Å²) in [6.07, 6.45) is 3.76. The molecule has 1 aliphatic heterocycles. The minimum Gasteiger partial charge on any atom is -0.393 e. The molecule has 1 aliphatic rings. The minimum absolute atomic E-state index is 0.342. The molecular weight excluding hydrogens is 224 g/mol. The van der Waals surface area contributed by atoms with E-state index in [1.54, 1.807) is 0 Å². The van der Waals surface area contributed by atoms with Crippen molar-refractivity contribution < 1.29 is 0 Å². The SMILES string of the molecule is CC1(C)CCN(c2ncnc(Cl)c2N)CC1. The van der Waals surface area contributed by atoms with Crippen molar-refractivity contribution in [1.82, 2.24) is 9.97 Å². The van der Waals surface area contributed by atoms with E-state index in [0.717, 1.165) is 31.7 Å². The maximum absolute atomic E-state index is 5.89. The Morgan fingerprint density at radius 1 is 1.31 bits per heavy atom. The zero-order valence-corrected chi connectivity index (χ0v) is 10.5. The van der Waals surface area contributed by atoms with E-state index in [2.05, 4.69) is 28.7 Å². The number of hydrogen-bond donors (Lipinski definition) is 1. The number of piperidine rings is 1. The Morgan fingerprint density at radius 2 is 1.94 bits per heavy atom. The van der Waals surface area contributed by atoms with E-state index in [1.165, 1.54) is 6.33 Å². The fraction of sp³-hybridized carbons (Fsp3) is 0.636. The molecular formula is C11H17ClN4. The Morgan fingerprint density at radius 3 is 2.56 bits per heavy atom. The minimum atomic E-state index is 0.342. The second-order valence-corrected chi connectivity index (χ2v) is 5.41. The number of rotatable bonds is 1. The van der Waals surface area contributed by atoms with Gasteiger partial charge in [0.1, 0.15) is 12.0 Å². The highest BCUT2D eigenvalue weighted by Gasteiger charge is 2.27. The van der Waals surface area contributed by atoms with Crippen molar-refractivity contribution in [3.8, 4) is 0 Å². The smallest absolute Gasteiger partial charge is 0.157 e. The zero-order valence-electron chi connectivity index (χ0n) is 9.70. The molecule has 88 valence electrons. The largest absolute Gasteiger partial charge is 0.393 e. The molecule has 0 aliphatic carbocycles. The lowest BCUT2D eigenvalue weighted by molar-refractivity contribution is 0.279. The van der Waals surface area contributed by atoms with Gasteiger partial charge in [0, 0.05) is 13.1 Å². The van der Waals surface area contributed by atoms with E-state index >= 15 is 0 Å². The van der Waals surface area contributed by atoms with Gasteiger partial charge in [-0.15, -0.1) is 0 Å². The molecule has 0 amide bonds. The summed E-state index contributed by atoms with van der Waals surface area (Å²) in [4.78, 5) is 10.3. The summed E-state index contributed by atoms with van der Waals surface area (Å²) in [6, 6.07) is 0. The first-order chi connectivity index (χ1) is 7.49. The Labute approximate surface area is 101 Å². The molecule has 4 nitrogen and oxygen atoms in total. The van der Waals surface area contributed by atoms with Gasteiger partial charge in [0.25, 0.3) is 0 Å². The number of halogens is 1. The van der Waals surface area contributed by atoms with Gasteiger partial charge in [0.15, 0.2) is 11.0 Å². The van der Waals surface area contributed by atoms with E-state index in [9.17, 15) is 0 Å². The topological polar surface area (TPSA) is 55.0 Å². The highest BCUT2D eigenvalue weighted by atomic mass is 35.5. The number of nitrogen functional groups attached to an aromatic ring is 1. The van der Waals surface area contributed by atoms with Crippen LogP contribution in [0.5, 0.6) is 0 Å². The predicted molar refractivity (Wildman–Crippen MR) is 66.7 cm³/mol. The lowest BCUT2D eigenvalue weighted by Crippen LogP contribution is -2.38. The number of aromatic nitrogens is 2. The maximum Gasteiger partial charge on any atom is 0.157 e. The molecule has 5 heteroatoms. The number of nitrogens with zero attached hydrogens (tertiary/aromatic N) is 3. The van der Waals surface area contributed by atoms with Gasteiger partial charge >= 0.3 is 0 Å². The molecule has 1 aromatic heterocycles. The molecule has 0 radical (unpaired) electrons. The molecule has 0 bridgehead atoms. The predicted octanol–water partition coefficient (Wildman–Crippen LogP) is 2.34. The average Bonchev–Trinajstić information content (AvgIpc) is 2.23. The first-order valence-corrected chi connectivity index (χ1v) is 5.88. The first kappa shape index (κ1) is 11.5. The lowest BCUT2D eigenvalue weighted by Gasteiger charge is -2.37. The van der Waals surface area contributed by atoms with Crippen molar-refractivity contribution in [2.75, 3.05) is 23.7 Å². The zero-order chi connectivity index (χ0) is 11.8. The summed E-state index contributed by atoms with van der Waals surface area (Å²) in [5.74, 6) is 0.774. The van der Waals surface area contributed by atoms with Crippen LogP contribution < -0.4 is 10.6 Å². The highest BCUT2D eigenvalue weighted by Crippen LogP contribution is 2.34. The van der Waals surface area contributed by atoms with Crippen molar-refractivity contribution in [2.45, 2.75) is 26.7 Å². The Kier molecular flexibility index (Phi) is 2.93. The Hall–Kier alpha value is -1.03. The van der Waals surface area contributed by atoms with Crippen LogP contribution in [0.15, 0.2) is 6.33 Å². The van der Waals surface area contributed by atoms with E-state index in [-0.39, 0.29) is 0 Å². The molecule has 0 saturated carbocycles. The molecule has 1 aromatic rings. The molecule has 0 aromatic carbocycles. The number of nitrogens with two attached hydrogens (primary N) is 1. The van der Waals surface area contributed by atoms with Gasteiger partial charge in [-0.25, -0.2) is 9.97 Å². The quantitative estimate of drug-likeness (QED) is 0.766. The fourth-order valence-electron chi connectivity index (χ4n) is 1.94. The van der Waals surface area contributed by atoms with Crippen LogP contribution in [0, 0.1) is 5.41 Å². The normalized spacial score (nSPS) is 19.8. The maximum atomic E-state index is 5.89. The summed E-state index contributed by atoms with van der Waals surface area (Å²) in [5, 5.41) is 0.342. The van der Waals surface area contributed by atoms with Gasteiger partial charge in [0.2, 0.25) is 0 Å². The van der Waals surface area contributed by atoms with Crippen molar-refractivity contribution in [1.29, 1.82) is 0 Å².